The Kier molecular flexibility index (Phi) is 4.00. The monoisotopic (exact) mass is 268 g/mol. The molecule has 0 bridgehead atoms. The summed E-state index contributed by atoms with van der Waals surface area (Å²) in [5.74, 6) is 4.24. The molecule has 1 spiro atoms. The van der Waals surface area contributed by atoms with Crippen molar-refractivity contribution in [1.82, 2.24) is 0 Å². The number of Topliss-reactive ketones (excluding diaryl/α,β-unsaturated/α-hetero) is 1. The van der Waals surface area contributed by atoms with Crippen LogP contribution in [0.3, 0.4) is 0 Å². The Morgan fingerprint density at radius 2 is 2.00 bits per heavy atom. The van der Waals surface area contributed by atoms with Gasteiger partial charge in [0.25, 0.3) is 0 Å². The van der Waals surface area contributed by atoms with Crippen LogP contribution < -0.4 is 0 Å². The van der Waals surface area contributed by atoms with Crippen LogP contribution in [0, 0.1) is 11.8 Å². The van der Waals surface area contributed by atoms with Gasteiger partial charge in [0.2, 0.25) is 0 Å². The fraction of sp³-hybridized carbons (Fsp3) is 0.933. The van der Waals surface area contributed by atoms with E-state index in [1.54, 1.807) is 0 Å². The maximum Gasteiger partial charge on any atom is 0.135 e. The quantitative estimate of drug-likeness (QED) is 0.781. The van der Waals surface area contributed by atoms with Crippen molar-refractivity contribution in [2.24, 2.45) is 11.8 Å². The Balaban J connectivity index is 1.48. The molecule has 1 unspecified atom stereocenters. The lowest BCUT2D eigenvalue weighted by molar-refractivity contribution is -0.122. The molecule has 3 heteroatoms. The van der Waals surface area contributed by atoms with Gasteiger partial charge in [-0.2, -0.15) is 11.8 Å². The van der Waals surface area contributed by atoms with Crippen molar-refractivity contribution in [3.63, 3.8) is 0 Å². The molecule has 0 amide bonds. The predicted octanol–water partition coefficient (Wildman–Crippen LogP) is 3.44. The number of carbonyl (C=O) groups excluding carboxylic acids is 1. The fourth-order valence-electron chi connectivity index (χ4n) is 3.42. The predicted molar refractivity (Wildman–Crippen MR) is 74.9 cm³/mol. The van der Waals surface area contributed by atoms with Gasteiger partial charge < -0.3 is 4.74 Å². The molecule has 18 heavy (non-hydrogen) atoms. The second kappa shape index (κ2) is 5.54. The molecule has 0 aromatic heterocycles. The van der Waals surface area contributed by atoms with Gasteiger partial charge in [-0.1, -0.05) is 0 Å². The molecule has 2 saturated heterocycles. The lowest BCUT2D eigenvalue weighted by atomic mass is 9.79. The van der Waals surface area contributed by atoms with Crippen molar-refractivity contribution in [1.29, 1.82) is 0 Å². The van der Waals surface area contributed by atoms with Gasteiger partial charge in [-0.3, -0.25) is 4.79 Å². The molecule has 0 radical (unpaired) electrons. The molecule has 3 rings (SSSR count). The third-order valence-electron chi connectivity index (χ3n) is 4.83. The largest absolute Gasteiger partial charge is 0.375 e. The summed E-state index contributed by atoms with van der Waals surface area (Å²) in [4.78, 5) is 11.8. The molecule has 0 N–H and O–H groups in total. The summed E-state index contributed by atoms with van der Waals surface area (Å²) < 4.78 is 6.10. The Morgan fingerprint density at radius 3 is 2.72 bits per heavy atom. The summed E-state index contributed by atoms with van der Waals surface area (Å²) >= 11 is 2.06. The van der Waals surface area contributed by atoms with E-state index < -0.39 is 0 Å². The Bertz CT molecular complexity index is 300. The zero-order valence-corrected chi connectivity index (χ0v) is 12.0. The van der Waals surface area contributed by atoms with E-state index >= 15 is 0 Å². The average molecular weight is 268 g/mol. The second-order valence-corrected chi connectivity index (χ2v) is 7.51. The van der Waals surface area contributed by atoms with Gasteiger partial charge in [-0.05, 0) is 62.4 Å². The first-order valence-corrected chi connectivity index (χ1v) is 8.67. The Labute approximate surface area is 114 Å². The first-order valence-electron chi connectivity index (χ1n) is 7.52. The van der Waals surface area contributed by atoms with E-state index in [0.717, 1.165) is 38.2 Å². The van der Waals surface area contributed by atoms with Crippen molar-refractivity contribution < 1.29 is 9.53 Å². The maximum atomic E-state index is 11.8. The van der Waals surface area contributed by atoms with Crippen LogP contribution in [0.1, 0.15) is 51.4 Å². The number of thioether (sulfide) groups is 1. The third-order valence-corrected chi connectivity index (χ3v) is 5.82. The highest BCUT2D eigenvalue weighted by Gasteiger charge is 2.39. The van der Waals surface area contributed by atoms with Gasteiger partial charge in [-0.25, -0.2) is 0 Å². The van der Waals surface area contributed by atoms with E-state index in [1.165, 1.54) is 37.2 Å². The molecule has 1 saturated carbocycles. The number of hydrogen-bond acceptors (Lipinski definition) is 3. The van der Waals surface area contributed by atoms with E-state index in [0.29, 0.717) is 11.7 Å². The zero-order valence-electron chi connectivity index (χ0n) is 11.2. The fourth-order valence-corrected chi connectivity index (χ4v) is 4.66. The van der Waals surface area contributed by atoms with E-state index in [9.17, 15) is 4.79 Å². The lowest BCUT2D eigenvalue weighted by Crippen LogP contribution is -2.42. The molecule has 1 aliphatic carbocycles. The molecule has 0 aromatic rings. The zero-order chi connectivity index (χ0) is 12.4. The highest BCUT2D eigenvalue weighted by Crippen LogP contribution is 2.41. The smallest absolute Gasteiger partial charge is 0.135 e. The average Bonchev–Trinajstić information content (AvgIpc) is 3.21. The molecule has 2 heterocycles. The molecular formula is C15H24O2S. The minimum atomic E-state index is 0.191. The summed E-state index contributed by atoms with van der Waals surface area (Å²) in [6.07, 6.45) is 9.11. The first kappa shape index (κ1) is 13.0. The molecule has 2 aliphatic heterocycles. The summed E-state index contributed by atoms with van der Waals surface area (Å²) in [6, 6.07) is 0. The summed E-state index contributed by atoms with van der Waals surface area (Å²) in [7, 11) is 0. The SMILES string of the molecule is O=C(CCC1CCOC2(CCSCC2)C1)C1CC1. The number of ketones is 1. The molecule has 102 valence electrons. The minimum absolute atomic E-state index is 0.191. The van der Waals surface area contributed by atoms with Gasteiger partial charge in [-0.15, -0.1) is 0 Å². The van der Waals surface area contributed by atoms with Gasteiger partial charge >= 0.3 is 0 Å². The van der Waals surface area contributed by atoms with Crippen LogP contribution in [0.5, 0.6) is 0 Å². The molecule has 3 aliphatic rings. The Morgan fingerprint density at radius 1 is 1.22 bits per heavy atom. The van der Waals surface area contributed by atoms with Gasteiger partial charge in [0.15, 0.2) is 0 Å². The van der Waals surface area contributed by atoms with Crippen molar-refractivity contribution in [3.05, 3.63) is 0 Å². The minimum Gasteiger partial charge on any atom is -0.375 e. The summed E-state index contributed by atoms with van der Waals surface area (Å²) in [5, 5.41) is 0. The van der Waals surface area contributed by atoms with Crippen molar-refractivity contribution in [2.45, 2.75) is 57.0 Å². The van der Waals surface area contributed by atoms with Crippen LogP contribution >= 0.6 is 11.8 Å². The van der Waals surface area contributed by atoms with E-state index in [1.807, 2.05) is 0 Å². The number of hydrogen-bond donors (Lipinski definition) is 0. The maximum absolute atomic E-state index is 11.8. The molecule has 0 aromatic carbocycles. The first-order chi connectivity index (χ1) is 8.77. The standard InChI is InChI=1S/C15H24O2S/c16-14(13-2-3-13)4-1-12-5-8-17-15(11-12)6-9-18-10-7-15/h12-13H,1-11H2. The number of carbonyl (C=O) groups is 1. The van der Waals surface area contributed by atoms with Crippen molar-refractivity contribution >= 4 is 17.5 Å². The van der Waals surface area contributed by atoms with Crippen LogP contribution in [0.4, 0.5) is 0 Å². The number of rotatable bonds is 4. The highest BCUT2D eigenvalue weighted by molar-refractivity contribution is 7.99. The van der Waals surface area contributed by atoms with E-state index in [2.05, 4.69) is 11.8 Å². The van der Waals surface area contributed by atoms with Crippen LogP contribution in [0.15, 0.2) is 0 Å². The third kappa shape index (κ3) is 3.11. The van der Waals surface area contributed by atoms with Gasteiger partial charge in [0.05, 0.1) is 5.60 Å². The summed E-state index contributed by atoms with van der Waals surface area (Å²) in [5.41, 5.74) is 0.191. The van der Waals surface area contributed by atoms with Crippen molar-refractivity contribution in [2.75, 3.05) is 18.1 Å². The normalized spacial score (nSPS) is 31.4. The summed E-state index contributed by atoms with van der Waals surface area (Å²) in [6.45, 7) is 0.924. The highest BCUT2D eigenvalue weighted by atomic mass is 32.2. The van der Waals surface area contributed by atoms with Gasteiger partial charge in [0.1, 0.15) is 5.78 Å². The van der Waals surface area contributed by atoms with Crippen LogP contribution in [0.25, 0.3) is 0 Å². The molecule has 2 nitrogen and oxygen atoms in total. The van der Waals surface area contributed by atoms with Gasteiger partial charge in [0, 0.05) is 18.9 Å². The Hall–Kier alpha value is -0.0200. The second-order valence-electron chi connectivity index (χ2n) is 6.28. The van der Waals surface area contributed by atoms with E-state index in [4.69, 9.17) is 4.74 Å². The van der Waals surface area contributed by atoms with Crippen molar-refractivity contribution in [3.8, 4) is 0 Å². The van der Waals surface area contributed by atoms with E-state index in [-0.39, 0.29) is 5.60 Å². The molecular weight excluding hydrogens is 244 g/mol. The van der Waals surface area contributed by atoms with Crippen LogP contribution in [-0.2, 0) is 9.53 Å². The topological polar surface area (TPSA) is 26.3 Å². The number of ether oxygens (including phenoxy) is 1. The molecule has 3 fully saturated rings. The van der Waals surface area contributed by atoms with Crippen LogP contribution in [0.2, 0.25) is 0 Å². The van der Waals surface area contributed by atoms with Crippen LogP contribution in [-0.4, -0.2) is 29.5 Å². The molecule has 1 atom stereocenters. The lowest BCUT2D eigenvalue weighted by Gasteiger charge is -2.43.